The summed E-state index contributed by atoms with van der Waals surface area (Å²) < 4.78 is 30.7. The highest BCUT2D eigenvalue weighted by molar-refractivity contribution is 9.10. The molecule has 2 aliphatic heterocycles. The Labute approximate surface area is 154 Å². The maximum atomic E-state index is 14.4. The number of fused-ring (bicyclic) bond motifs is 1. The van der Waals surface area contributed by atoms with Crippen molar-refractivity contribution in [3.8, 4) is 0 Å². The van der Waals surface area contributed by atoms with Crippen LogP contribution in [0.4, 0.5) is 9.18 Å². The molecule has 1 saturated heterocycles. The zero-order chi connectivity index (χ0) is 18.5. The Hall–Kier alpha value is -1.39. The largest absolute Gasteiger partial charge is 0.465 e. The van der Waals surface area contributed by atoms with Crippen LogP contribution in [0.15, 0.2) is 21.7 Å². The van der Waals surface area contributed by atoms with Crippen LogP contribution in [-0.4, -0.2) is 43.3 Å². The van der Waals surface area contributed by atoms with Crippen molar-refractivity contribution in [1.29, 1.82) is 0 Å². The molecule has 3 rings (SSSR count). The summed E-state index contributed by atoms with van der Waals surface area (Å²) in [6.45, 7) is 3.95. The number of hydrogen-bond donors (Lipinski definition) is 4. The molecule has 2 atom stereocenters. The molecule has 1 aromatic rings. The number of amides is 1. The summed E-state index contributed by atoms with van der Waals surface area (Å²) >= 11 is 3.21. The molecule has 0 unspecified atom stereocenters. The first kappa shape index (κ1) is 18.4. The van der Waals surface area contributed by atoms with Gasteiger partial charge in [-0.25, -0.2) is 14.2 Å². The molecule has 0 aliphatic carbocycles. The number of pyridine rings is 1. The lowest BCUT2D eigenvalue weighted by Gasteiger charge is -2.52. The summed E-state index contributed by atoms with van der Waals surface area (Å²) in [6.07, 6.45) is 0.00559. The van der Waals surface area contributed by atoms with E-state index in [1.54, 1.807) is 13.8 Å². The minimum atomic E-state index is -3.09. The average Bonchev–Trinajstić information content (AvgIpc) is 2.50. The monoisotopic (exact) mass is 434 g/mol. The van der Waals surface area contributed by atoms with Crippen LogP contribution in [0.1, 0.15) is 32.4 Å². The summed E-state index contributed by atoms with van der Waals surface area (Å²) in [5.74, 6) is -0.399. The molecule has 7 nitrogen and oxygen atoms in total. The number of halogens is 2. The van der Waals surface area contributed by atoms with Gasteiger partial charge in [-0.1, -0.05) is 0 Å². The van der Waals surface area contributed by atoms with E-state index < -0.39 is 32.3 Å². The molecule has 3 N–H and O–H groups in total. The van der Waals surface area contributed by atoms with E-state index in [9.17, 15) is 18.5 Å². The van der Waals surface area contributed by atoms with Gasteiger partial charge < -0.3 is 5.11 Å². The maximum Gasteiger partial charge on any atom is 0.410 e. The van der Waals surface area contributed by atoms with E-state index in [1.807, 2.05) is 0 Å². The van der Waals surface area contributed by atoms with Gasteiger partial charge in [0.15, 0.2) is 0 Å². The van der Waals surface area contributed by atoms with Crippen molar-refractivity contribution in [2.24, 2.45) is 4.99 Å². The number of aromatic nitrogens is 1. The van der Waals surface area contributed by atoms with Crippen molar-refractivity contribution in [3.63, 3.8) is 0 Å². The van der Waals surface area contributed by atoms with Crippen molar-refractivity contribution in [1.82, 2.24) is 15.0 Å². The molecule has 0 bridgehead atoms. The lowest BCUT2D eigenvalue weighted by atomic mass is 9.96. The number of nitrogens with zero attached hydrogens (tertiary/aromatic N) is 2. The molecule has 3 heterocycles. The van der Waals surface area contributed by atoms with E-state index >= 15 is 0 Å². The van der Waals surface area contributed by atoms with Crippen molar-refractivity contribution < 1.29 is 18.5 Å². The summed E-state index contributed by atoms with van der Waals surface area (Å²) in [5.41, 5.74) is -1.21. The third-order valence-corrected chi connectivity index (χ3v) is 9.22. The van der Waals surface area contributed by atoms with Crippen LogP contribution in [0.3, 0.4) is 0 Å². The second-order valence-corrected chi connectivity index (χ2v) is 10.7. The summed E-state index contributed by atoms with van der Waals surface area (Å²) in [7, 11) is -3.09. The number of aliphatic imine (C=N–C) groups is 1. The topological polar surface area (TPSA) is 104 Å². The predicted octanol–water partition coefficient (Wildman–Crippen LogP) is 1.95. The normalized spacial score (nSPS) is 32.2. The fourth-order valence-corrected chi connectivity index (χ4v) is 7.28. The average molecular weight is 435 g/mol. The van der Waals surface area contributed by atoms with Gasteiger partial charge in [-0.2, -0.15) is 0 Å². The molecular formula is C15H20BrFN4O3S. The van der Waals surface area contributed by atoms with Gasteiger partial charge in [0.1, 0.15) is 27.5 Å². The Bertz CT molecular complexity index is 820. The van der Waals surface area contributed by atoms with Crippen molar-refractivity contribution in [2.45, 2.75) is 37.0 Å². The van der Waals surface area contributed by atoms with Crippen molar-refractivity contribution in [3.05, 3.63) is 28.2 Å². The van der Waals surface area contributed by atoms with E-state index in [2.05, 4.69) is 35.9 Å². The Morgan fingerprint density at radius 1 is 1.48 bits per heavy atom. The number of carboxylic acid groups (broad SMARTS) is 1. The van der Waals surface area contributed by atoms with Crippen LogP contribution < -0.4 is 10.0 Å². The van der Waals surface area contributed by atoms with Crippen LogP contribution in [0.2, 0.25) is 0 Å². The van der Waals surface area contributed by atoms with E-state index in [0.717, 1.165) is 6.42 Å². The number of carbonyl (C=O) groups is 1. The van der Waals surface area contributed by atoms with Gasteiger partial charge in [-0.05, 0) is 64.9 Å². The van der Waals surface area contributed by atoms with Crippen LogP contribution >= 0.6 is 15.9 Å². The number of hydrogen-bond acceptors (Lipinski definition) is 4. The van der Waals surface area contributed by atoms with Crippen molar-refractivity contribution in [2.75, 3.05) is 12.3 Å². The molecule has 0 aromatic carbocycles. The molecular weight excluding hydrogens is 415 g/mol. The highest BCUT2D eigenvalue weighted by Gasteiger charge is 2.54. The van der Waals surface area contributed by atoms with Gasteiger partial charge in [0.05, 0.1) is 4.75 Å². The first-order valence-corrected chi connectivity index (χ1v) is 10.6. The minimum absolute atomic E-state index is 0.0382. The fraction of sp³-hybridized carbons (Fsp3) is 0.533. The Morgan fingerprint density at radius 2 is 2.20 bits per heavy atom. The Morgan fingerprint density at radius 3 is 2.88 bits per heavy atom. The molecule has 0 radical (unpaired) electrons. The second kappa shape index (κ2) is 6.10. The molecule has 1 amide bonds. The minimum Gasteiger partial charge on any atom is -0.465 e. The molecule has 1 aromatic heterocycles. The van der Waals surface area contributed by atoms with E-state index in [1.165, 1.54) is 12.1 Å². The summed E-state index contributed by atoms with van der Waals surface area (Å²) in [5, 5.41) is 11.5. The smallest absolute Gasteiger partial charge is 0.410 e. The quantitative estimate of drug-likeness (QED) is 0.400. The van der Waals surface area contributed by atoms with E-state index in [0.29, 0.717) is 17.6 Å². The van der Waals surface area contributed by atoms with Gasteiger partial charge >= 0.3 is 6.09 Å². The molecule has 0 saturated carbocycles. The van der Waals surface area contributed by atoms with Gasteiger partial charge in [0, 0.05) is 12.3 Å². The van der Waals surface area contributed by atoms with Gasteiger partial charge in [-0.15, -0.1) is 0 Å². The SMILES string of the molecule is C[C@@]12CCCN[SH]1(=O)C[C@@](C)(c1nc(Br)ccc1F)N=C2NC(=O)O. The molecule has 1 fully saturated rings. The Balaban J connectivity index is 2.21. The standard InChI is InChI=1S/C15H20BrFN4O3S/c1-14(11-9(17)4-5-10(16)19-11)8-25(24)15(2,6-3-7-18-25)12(21-14)20-13(22)23/h4-5,25H,3,6-8H2,1-2H3,(H,18,24)(H,20,21)(H,22,23)/t14-,15-/m0/s1. The second-order valence-electron chi connectivity index (χ2n) is 6.81. The number of amidine groups is 1. The van der Waals surface area contributed by atoms with Gasteiger partial charge in [0.2, 0.25) is 0 Å². The highest BCUT2D eigenvalue weighted by Crippen LogP contribution is 2.43. The predicted molar refractivity (Wildman–Crippen MR) is 97.9 cm³/mol. The van der Waals surface area contributed by atoms with E-state index in [4.69, 9.17) is 0 Å². The fourth-order valence-electron chi connectivity index (χ4n) is 3.59. The van der Waals surface area contributed by atoms with Gasteiger partial charge in [-0.3, -0.25) is 19.2 Å². The van der Waals surface area contributed by atoms with Gasteiger partial charge in [0.25, 0.3) is 0 Å². The van der Waals surface area contributed by atoms with Crippen LogP contribution in [0.25, 0.3) is 0 Å². The van der Waals surface area contributed by atoms with Crippen molar-refractivity contribution >= 4 is 38.0 Å². The zero-order valence-electron chi connectivity index (χ0n) is 13.8. The molecule has 138 valence electrons. The molecule has 0 spiro atoms. The first-order valence-electron chi connectivity index (χ1n) is 7.87. The Kier molecular flexibility index (Phi) is 4.49. The number of rotatable bonds is 1. The molecule has 25 heavy (non-hydrogen) atoms. The van der Waals surface area contributed by atoms with Crippen LogP contribution in [-0.2, 0) is 15.7 Å². The summed E-state index contributed by atoms with van der Waals surface area (Å²) in [4.78, 5) is 20.0. The maximum absolute atomic E-state index is 14.4. The van der Waals surface area contributed by atoms with Crippen LogP contribution in [0, 0.1) is 5.82 Å². The first-order chi connectivity index (χ1) is 11.6. The lowest BCUT2D eigenvalue weighted by molar-refractivity contribution is 0.199. The third-order valence-electron chi connectivity index (χ3n) is 4.95. The highest BCUT2D eigenvalue weighted by atomic mass is 79.9. The van der Waals surface area contributed by atoms with Crippen LogP contribution in [0.5, 0.6) is 0 Å². The molecule has 2 aliphatic rings. The number of thiol groups is 1. The molecule has 10 heteroatoms. The lowest BCUT2D eigenvalue weighted by Crippen LogP contribution is -2.68. The third kappa shape index (κ3) is 3.00. The zero-order valence-corrected chi connectivity index (χ0v) is 16.3. The van der Waals surface area contributed by atoms with E-state index in [-0.39, 0.29) is 17.3 Å². The number of nitrogens with one attached hydrogen (secondary N) is 2. The summed E-state index contributed by atoms with van der Waals surface area (Å²) in [6, 6.07) is 2.73.